The second-order valence-electron chi connectivity index (χ2n) is 2.97. The molecule has 64 valence electrons. The number of rotatable bonds is 1. The summed E-state index contributed by atoms with van der Waals surface area (Å²) in [6, 6.07) is 2.08. The quantitative estimate of drug-likeness (QED) is 0.590. The lowest BCUT2D eigenvalue weighted by molar-refractivity contribution is -0.120. The van der Waals surface area contributed by atoms with Gasteiger partial charge >= 0.3 is 0 Å². The molecule has 0 spiro atoms. The Morgan fingerprint density at radius 1 is 1.67 bits per heavy atom. The first-order valence-corrected chi connectivity index (χ1v) is 3.88. The predicted octanol–water partition coefficient (Wildman–Crippen LogP) is 1.41. The maximum absolute atomic E-state index is 11.1. The third kappa shape index (κ3) is 1.48. The Labute approximate surface area is 71.6 Å². The van der Waals surface area contributed by atoms with Gasteiger partial charge in [0.25, 0.3) is 0 Å². The zero-order chi connectivity index (χ0) is 9.14. The normalized spacial score (nSPS) is 23.8. The highest BCUT2D eigenvalue weighted by atomic mass is 16.5. The monoisotopic (exact) mass is 165 g/mol. The number of carbonyl (C=O) groups is 1. The van der Waals surface area contributed by atoms with Gasteiger partial charge in [-0.15, -0.1) is 0 Å². The van der Waals surface area contributed by atoms with Crippen LogP contribution in [0.5, 0.6) is 0 Å². The molecule has 0 bridgehead atoms. The van der Waals surface area contributed by atoms with Gasteiger partial charge in [-0.05, 0) is 0 Å². The molecule has 0 radical (unpaired) electrons. The first-order valence-electron chi connectivity index (χ1n) is 3.88. The van der Waals surface area contributed by atoms with Gasteiger partial charge in [-0.25, -0.2) is 0 Å². The molecule has 0 fully saturated rings. The molecule has 1 rings (SSSR count). The van der Waals surface area contributed by atoms with Crippen molar-refractivity contribution < 1.29 is 9.53 Å². The van der Waals surface area contributed by atoms with Crippen molar-refractivity contribution in [2.24, 2.45) is 5.92 Å². The third-order valence-corrected chi connectivity index (χ3v) is 2.05. The average molecular weight is 165 g/mol. The van der Waals surface area contributed by atoms with E-state index in [9.17, 15) is 4.79 Å². The number of carbonyl (C=O) groups excluding carboxylic acids is 1. The first-order chi connectivity index (χ1) is 5.69. The SMILES string of the molecule is COC1=C(C#N)C(C)CC(=O)C1. The topological polar surface area (TPSA) is 50.1 Å². The molecule has 0 aliphatic heterocycles. The van der Waals surface area contributed by atoms with Crippen LogP contribution in [0.2, 0.25) is 0 Å². The van der Waals surface area contributed by atoms with Crippen LogP contribution in [-0.2, 0) is 9.53 Å². The zero-order valence-corrected chi connectivity index (χ0v) is 7.26. The summed E-state index contributed by atoms with van der Waals surface area (Å²) < 4.78 is 4.97. The number of Topliss-reactive ketones (excluding diaryl/α,β-unsaturated/α-hetero) is 1. The van der Waals surface area contributed by atoms with E-state index in [-0.39, 0.29) is 18.1 Å². The summed E-state index contributed by atoms with van der Waals surface area (Å²) in [6.45, 7) is 1.87. The second-order valence-corrected chi connectivity index (χ2v) is 2.97. The molecule has 0 saturated carbocycles. The molecule has 1 unspecified atom stereocenters. The fourth-order valence-electron chi connectivity index (χ4n) is 1.42. The molecule has 1 aliphatic carbocycles. The molecule has 0 N–H and O–H groups in total. The van der Waals surface area contributed by atoms with Crippen molar-refractivity contribution in [3.8, 4) is 6.07 Å². The van der Waals surface area contributed by atoms with Gasteiger partial charge in [0.1, 0.15) is 11.5 Å². The number of nitriles is 1. The third-order valence-electron chi connectivity index (χ3n) is 2.05. The lowest BCUT2D eigenvalue weighted by atomic mass is 9.88. The van der Waals surface area contributed by atoms with Gasteiger partial charge in [0.05, 0.1) is 25.2 Å². The van der Waals surface area contributed by atoms with Crippen LogP contribution < -0.4 is 0 Å². The second kappa shape index (κ2) is 3.40. The van der Waals surface area contributed by atoms with Crippen LogP contribution >= 0.6 is 0 Å². The van der Waals surface area contributed by atoms with E-state index in [0.29, 0.717) is 17.8 Å². The molecule has 1 atom stereocenters. The summed E-state index contributed by atoms with van der Waals surface area (Å²) in [5, 5.41) is 8.75. The van der Waals surface area contributed by atoms with E-state index in [0.717, 1.165) is 0 Å². The number of methoxy groups -OCH3 is 1. The van der Waals surface area contributed by atoms with Crippen molar-refractivity contribution in [2.75, 3.05) is 7.11 Å². The molecule has 1 aliphatic rings. The molecular weight excluding hydrogens is 154 g/mol. The van der Waals surface area contributed by atoms with Gasteiger partial charge in [-0.2, -0.15) is 5.26 Å². The molecular formula is C9H11NO2. The molecule has 0 aromatic heterocycles. The number of allylic oxidation sites excluding steroid dienone is 2. The van der Waals surface area contributed by atoms with Crippen molar-refractivity contribution in [2.45, 2.75) is 19.8 Å². The highest BCUT2D eigenvalue weighted by Crippen LogP contribution is 2.27. The van der Waals surface area contributed by atoms with Gasteiger partial charge < -0.3 is 4.74 Å². The number of nitrogens with zero attached hydrogens (tertiary/aromatic N) is 1. The van der Waals surface area contributed by atoms with Crippen LogP contribution in [0.1, 0.15) is 19.8 Å². The van der Waals surface area contributed by atoms with Gasteiger partial charge in [0.2, 0.25) is 0 Å². The summed E-state index contributed by atoms with van der Waals surface area (Å²) in [5.41, 5.74) is 0.622. The summed E-state index contributed by atoms with van der Waals surface area (Å²) in [5.74, 6) is 0.714. The number of ether oxygens (including phenoxy) is 1. The fourth-order valence-corrected chi connectivity index (χ4v) is 1.42. The standard InChI is InChI=1S/C9H11NO2/c1-6-3-7(11)4-9(12-2)8(6)5-10/h6H,3-4H2,1-2H3. The van der Waals surface area contributed by atoms with E-state index in [1.807, 2.05) is 6.92 Å². The molecule has 3 nitrogen and oxygen atoms in total. The minimum Gasteiger partial charge on any atom is -0.500 e. The summed E-state index contributed by atoms with van der Waals surface area (Å²) >= 11 is 0. The van der Waals surface area contributed by atoms with E-state index < -0.39 is 0 Å². The van der Waals surface area contributed by atoms with Crippen LogP contribution in [0.4, 0.5) is 0 Å². The van der Waals surface area contributed by atoms with Crippen molar-refractivity contribution in [3.63, 3.8) is 0 Å². The van der Waals surface area contributed by atoms with Crippen LogP contribution in [0.3, 0.4) is 0 Å². The highest BCUT2D eigenvalue weighted by molar-refractivity contribution is 5.83. The summed E-state index contributed by atoms with van der Waals surface area (Å²) in [6.07, 6.45) is 0.749. The van der Waals surface area contributed by atoms with Crippen molar-refractivity contribution >= 4 is 5.78 Å². The van der Waals surface area contributed by atoms with Crippen LogP contribution in [0, 0.1) is 17.2 Å². The number of ketones is 1. The number of hydrogen-bond acceptors (Lipinski definition) is 3. The molecule has 0 amide bonds. The van der Waals surface area contributed by atoms with E-state index in [2.05, 4.69) is 6.07 Å². The van der Waals surface area contributed by atoms with Crippen LogP contribution in [-0.4, -0.2) is 12.9 Å². The van der Waals surface area contributed by atoms with Gasteiger partial charge in [-0.3, -0.25) is 4.79 Å². The lowest BCUT2D eigenvalue weighted by Crippen LogP contribution is -2.17. The summed E-state index contributed by atoms with van der Waals surface area (Å²) in [7, 11) is 1.50. The highest BCUT2D eigenvalue weighted by Gasteiger charge is 2.25. The molecule has 3 heteroatoms. The molecule has 0 heterocycles. The fraction of sp³-hybridized carbons (Fsp3) is 0.556. The van der Waals surface area contributed by atoms with Gasteiger partial charge in [-0.1, -0.05) is 6.92 Å². The Morgan fingerprint density at radius 2 is 2.33 bits per heavy atom. The van der Waals surface area contributed by atoms with E-state index in [4.69, 9.17) is 10.00 Å². The largest absolute Gasteiger partial charge is 0.500 e. The predicted molar refractivity (Wildman–Crippen MR) is 43.1 cm³/mol. The van der Waals surface area contributed by atoms with Crippen molar-refractivity contribution in [3.05, 3.63) is 11.3 Å². The van der Waals surface area contributed by atoms with E-state index >= 15 is 0 Å². The van der Waals surface area contributed by atoms with E-state index in [1.165, 1.54) is 7.11 Å². The Hall–Kier alpha value is -1.30. The molecule has 0 aromatic rings. The summed E-state index contributed by atoms with van der Waals surface area (Å²) in [4.78, 5) is 11.1. The van der Waals surface area contributed by atoms with Crippen LogP contribution in [0.25, 0.3) is 0 Å². The Morgan fingerprint density at radius 3 is 2.83 bits per heavy atom. The molecule has 12 heavy (non-hydrogen) atoms. The maximum Gasteiger partial charge on any atom is 0.141 e. The Bertz CT molecular complexity index is 273. The van der Waals surface area contributed by atoms with Crippen molar-refractivity contribution in [1.29, 1.82) is 5.26 Å². The molecule has 0 aromatic carbocycles. The first kappa shape index (κ1) is 8.79. The minimum atomic E-state index is 0.0196. The van der Waals surface area contributed by atoms with Crippen molar-refractivity contribution in [1.82, 2.24) is 0 Å². The maximum atomic E-state index is 11.1. The van der Waals surface area contributed by atoms with Crippen LogP contribution in [0.15, 0.2) is 11.3 Å². The minimum absolute atomic E-state index is 0.0196. The smallest absolute Gasteiger partial charge is 0.141 e. The Balaban J connectivity index is 2.99. The lowest BCUT2D eigenvalue weighted by Gasteiger charge is -2.19. The average Bonchev–Trinajstić information content (AvgIpc) is 2.03. The van der Waals surface area contributed by atoms with E-state index in [1.54, 1.807) is 0 Å². The molecule has 0 saturated heterocycles. The zero-order valence-electron chi connectivity index (χ0n) is 7.26. The van der Waals surface area contributed by atoms with Gasteiger partial charge in [0, 0.05) is 12.3 Å². The van der Waals surface area contributed by atoms with Gasteiger partial charge in [0.15, 0.2) is 0 Å². The Kier molecular flexibility index (Phi) is 2.49. The number of hydrogen-bond donors (Lipinski definition) is 0.